The highest BCUT2D eigenvalue weighted by atomic mass is 32.2. The highest BCUT2D eigenvalue weighted by molar-refractivity contribution is 7.92. The summed E-state index contributed by atoms with van der Waals surface area (Å²) >= 11 is 0. The van der Waals surface area contributed by atoms with Gasteiger partial charge in [0.05, 0.1) is 11.8 Å². The van der Waals surface area contributed by atoms with Crippen LogP contribution in [0.3, 0.4) is 0 Å². The molecule has 0 saturated heterocycles. The minimum absolute atomic E-state index is 0.0428. The second-order valence-corrected chi connectivity index (χ2v) is 7.13. The van der Waals surface area contributed by atoms with Gasteiger partial charge in [0.25, 0.3) is 5.91 Å². The Hall–Kier alpha value is -2.62. The van der Waals surface area contributed by atoms with Crippen LogP contribution in [0.2, 0.25) is 0 Å². The number of carbonyl (C=O) groups excluding carboxylic acids is 3. The summed E-state index contributed by atoms with van der Waals surface area (Å²) in [6.45, 7) is 3.25. The number of sulfonamides is 1. The van der Waals surface area contributed by atoms with Gasteiger partial charge in [-0.2, -0.15) is 0 Å². The van der Waals surface area contributed by atoms with Crippen molar-refractivity contribution in [2.24, 2.45) is 11.7 Å². The largest absolute Gasteiger partial charge is 0.448 e. The molecule has 1 rings (SSSR count). The zero-order valence-electron chi connectivity index (χ0n) is 13.4. The van der Waals surface area contributed by atoms with Gasteiger partial charge >= 0.3 is 12.0 Å². The zero-order valence-corrected chi connectivity index (χ0v) is 14.2. The predicted octanol–water partition coefficient (Wildman–Crippen LogP) is 0.434. The summed E-state index contributed by atoms with van der Waals surface area (Å²) < 4.78 is 29.8. The molecule has 1 aromatic carbocycles. The van der Waals surface area contributed by atoms with E-state index in [0.717, 1.165) is 6.26 Å². The van der Waals surface area contributed by atoms with E-state index < -0.39 is 40.0 Å². The first-order chi connectivity index (χ1) is 11.0. The minimum Gasteiger partial charge on any atom is -0.448 e. The van der Waals surface area contributed by atoms with Crippen molar-refractivity contribution in [1.82, 2.24) is 5.32 Å². The van der Waals surface area contributed by atoms with Crippen LogP contribution in [0.25, 0.3) is 0 Å². The molecule has 24 heavy (non-hydrogen) atoms. The third-order valence-electron chi connectivity index (χ3n) is 2.75. The molecule has 0 unspecified atom stereocenters. The number of amides is 3. The zero-order chi connectivity index (χ0) is 18.5. The van der Waals surface area contributed by atoms with E-state index in [4.69, 9.17) is 10.5 Å². The molecule has 9 nitrogen and oxygen atoms in total. The lowest BCUT2D eigenvalue weighted by Gasteiger charge is -2.20. The van der Waals surface area contributed by atoms with E-state index in [2.05, 4.69) is 4.72 Å². The van der Waals surface area contributed by atoms with Gasteiger partial charge < -0.3 is 10.5 Å². The van der Waals surface area contributed by atoms with Gasteiger partial charge in [-0.3, -0.25) is 14.8 Å². The molecule has 4 N–H and O–H groups in total. The van der Waals surface area contributed by atoms with Crippen molar-refractivity contribution in [3.8, 4) is 0 Å². The molecule has 0 spiro atoms. The van der Waals surface area contributed by atoms with Gasteiger partial charge in [0.2, 0.25) is 10.0 Å². The van der Waals surface area contributed by atoms with E-state index in [1.807, 2.05) is 5.32 Å². The summed E-state index contributed by atoms with van der Waals surface area (Å²) in [5.74, 6) is -2.09. The smallest absolute Gasteiger partial charge is 0.338 e. The van der Waals surface area contributed by atoms with Crippen LogP contribution in [0.5, 0.6) is 0 Å². The monoisotopic (exact) mass is 357 g/mol. The number of anilines is 1. The summed E-state index contributed by atoms with van der Waals surface area (Å²) in [6, 6.07) is 4.53. The lowest BCUT2D eigenvalue weighted by atomic mass is 10.1. The fraction of sp³-hybridized carbons (Fsp3) is 0.357. The van der Waals surface area contributed by atoms with Crippen LogP contribution in [-0.2, 0) is 19.6 Å². The summed E-state index contributed by atoms with van der Waals surface area (Å²) in [4.78, 5) is 34.8. The Kier molecular flexibility index (Phi) is 6.29. The quantitative estimate of drug-likeness (QED) is 0.630. The first-order valence-electron chi connectivity index (χ1n) is 6.88. The number of nitrogens with one attached hydrogen (secondary N) is 2. The van der Waals surface area contributed by atoms with Crippen molar-refractivity contribution < 1.29 is 27.5 Å². The molecule has 0 saturated carbocycles. The highest BCUT2D eigenvalue weighted by Crippen LogP contribution is 2.15. The molecule has 0 aromatic heterocycles. The lowest BCUT2D eigenvalue weighted by Crippen LogP contribution is -2.45. The number of rotatable bonds is 6. The Balaban J connectivity index is 2.94. The number of nitrogens with two attached hydrogens (primary N) is 1. The minimum atomic E-state index is -3.50. The number of carbonyl (C=O) groups is 3. The average Bonchev–Trinajstić information content (AvgIpc) is 2.41. The predicted molar refractivity (Wildman–Crippen MR) is 86.7 cm³/mol. The van der Waals surface area contributed by atoms with Crippen LogP contribution in [0, 0.1) is 5.92 Å². The van der Waals surface area contributed by atoms with Gasteiger partial charge in [0, 0.05) is 5.69 Å². The fourth-order valence-corrected chi connectivity index (χ4v) is 2.35. The number of benzene rings is 1. The second-order valence-electron chi connectivity index (χ2n) is 5.38. The molecule has 0 heterocycles. The van der Waals surface area contributed by atoms with Gasteiger partial charge in [-0.05, 0) is 24.1 Å². The van der Waals surface area contributed by atoms with Crippen LogP contribution >= 0.6 is 0 Å². The Morgan fingerprint density at radius 1 is 1.21 bits per heavy atom. The third kappa shape index (κ3) is 6.24. The molecule has 0 aliphatic carbocycles. The van der Waals surface area contributed by atoms with Gasteiger partial charge in [0.1, 0.15) is 0 Å². The highest BCUT2D eigenvalue weighted by Gasteiger charge is 2.28. The number of urea groups is 1. The Bertz CT molecular complexity index is 745. The Morgan fingerprint density at radius 2 is 1.83 bits per heavy atom. The second kappa shape index (κ2) is 7.77. The lowest BCUT2D eigenvalue weighted by molar-refractivity contribution is -0.130. The first kappa shape index (κ1) is 19.4. The van der Waals surface area contributed by atoms with E-state index in [0.29, 0.717) is 0 Å². The molecular weight excluding hydrogens is 338 g/mol. The van der Waals surface area contributed by atoms with Crippen molar-refractivity contribution >= 4 is 33.6 Å². The van der Waals surface area contributed by atoms with Crippen LogP contribution in [-0.4, -0.2) is 38.7 Å². The van der Waals surface area contributed by atoms with E-state index in [1.54, 1.807) is 13.8 Å². The van der Waals surface area contributed by atoms with Crippen LogP contribution in [0.15, 0.2) is 24.3 Å². The molecule has 132 valence electrons. The van der Waals surface area contributed by atoms with Gasteiger partial charge in [-0.15, -0.1) is 0 Å². The van der Waals surface area contributed by atoms with Crippen LogP contribution in [0.4, 0.5) is 10.5 Å². The Morgan fingerprint density at radius 3 is 2.33 bits per heavy atom. The van der Waals surface area contributed by atoms with Crippen LogP contribution in [0.1, 0.15) is 24.2 Å². The van der Waals surface area contributed by atoms with E-state index in [-0.39, 0.29) is 11.3 Å². The van der Waals surface area contributed by atoms with Crippen LogP contribution < -0.4 is 15.8 Å². The summed E-state index contributed by atoms with van der Waals surface area (Å²) in [7, 11) is -3.50. The van der Waals surface area contributed by atoms with Crippen molar-refractivity contribution in [3.63, 3.8) is 0 Å². The maximum Gasteiger partial charge on any atom is 0.338 e. The number of esters is 1. The van der Waals surface area contributed by atoms with E-state index >= 15 is 0 Å². The Labute approximate surface area is 139 Å². The summed E-state index contributed by atoms with van der Waals surface area (Å²) in [6.07, 6.45) is -0.252. The summed E-state index contributed by atoms with van der Waals surface area (Å²) in [5.41, 5.74) is 5.09. The van der Waals surface area contributed by atoms with Crippen molar-refractivity contribution in [2.75, 3.05) is 11.0 Å². The van der Waals surface area contributed by atoms with Gasteiger partial charge in [-0.25, -0.2) is 18.0 Å². The molecular formula is C14H19N3O6S. The topological polar surface area (TPSA) is 145 Å². The molecule has 1 atom stereocenters. The maximum absolute atomic E-state index is 12.2. The molecule has 1 aromatic rings. The average molecular weight is 357 g/mol. The number of ether oxygens (including phenoxy) is 1. The number of hydrogen-bond acceptors (Lipinski definition) is 6. The first-order valence-corrected chi connectivity index (χ1v) is 8.78. The molecule has 0 radical (unpaired) electrons. The van der Waals surface area contributed by atoms with Gasteiger partial charge in [0.15, 0.2) is 6.10 Å². The molecule has 0 aliphatic heterocycles. The number of imide groups is 1. The molecule has 0 fully saturated rings. The molecule has 0 aliphatic rings. The summed E-state index contributed by atoms with van der Waals surface area (Å²) in [5, 5.41) is 1.85. The van der Waals surface area contributed by atoms with E-state index in [9.17, 15) is 22.8 Å². The van der Waals surface area contributed by atoms with Gasteiger partial charge in [-0.1, -0.05) is 19.9 Å². The van der Waals surface area contributed by atoms with Crippen molar-refractivity contribution in [1.29, 1.82) is 0 Å². The SMILES string of the molecule is CC(C)[C@H](OC(=O)c1cccc(NS(C)(=O)=O)c1)C(=O)NC(N)=O. The third-order valence-corrected chi connectivity index (χ3v) is 3.35. The standard InChI is InChI=1S/C14H19N3O6S/c1-8(2)11(12(18)16-14(15)20)23-13(19)9-5-4-6-10(7-9)17-24(3,21)22/h4-8,11,17H,1-3H3,(H3,15,16,18,20)/t11-/m0/s1. The van der Waals surface area contributed by atoms with Crippen molar-refractivity contribution in [3.05, 3.63) is 29.8 Å². The van der Waals surface area contributed by atoms with E-state index in [1.165, 1.54) is 24.3 Å². The maximum atomic E-state index is 12.2. The molecule has 3 amide bonds. The normalized spacial score (nSPS) is 12.3. The molecule has 10 heteroatoms. The fourth-order valence-electron chi connectivity index (χ4n) is 1.79. The molecule has 0 bridgehead atoms. The van der Waals surface area contributed by atoms with Crippen molar-refractivity contribution in [2.45, 2.75) is 20.0 Å². The number of primary amides is 1. The number of hydrogen-bond donors (Lipinski definition) is 3.